The van der Waals surface area contributed by atoms with Gasteiger partial charge in [0.1, 0.15) is 23.1 Å². The summed E-state index contributed by atoms with van der Waals surface area (Å²) in [7, 11) is 0. The zero-order chi connectivity index (χ0) is 31.8. The van der Waals surface area contributed by atoms with Crippen molar-refractivity contribution in [2.45, 2.75) is 85.7 Å². The molecule has 0 saturated carbocycles. The lowest BCUT2D eigenvalue weighted by molar-refractivity contribution is -0.143. The van der Waals surface area contributed by atoms with Crippen molar-refractivity contribution in [1.29, 1.82) is 5.41 Å². The molecular weight excluding hydrogens is 550 g/mol. The number of hydrogen-bond acceptors (Lipinski definition) is 8. The number of nitrogens with one attached hydrogen (secondary N) is 2. The van der Waals surface area contributed by atoms with Crippen LogP contribution in [0.15, 0.2) is 42.5 Å². The Morgan fingerprint density at radius 3 is 1.98 bits per heavy atom. The summed E-state index contributed by atoms with van der Waals surface area (Å²) in [5, 5.41) is 10.3. The number of carbonyl (C=O) groups is 3. The van der Waals surface area contributed by atoms with Crippen LogP contribution in [0.5, 0.6) is 17.2 Å². The fraction of sp³-hybridized carbons (Fsp3) is 0.515. The standard InChI is InChI=1S/C33H47N3O7/c1-7-40-31(38)12-11-21-43-30-22-28(17-18-29(30)33(39)36(23(2)3)24(4)5)42-20-10-8-9-19-41-27-15-13-26(14-16-27)32(34)35-25(6)37/h13-18,22-24H,7-12,19-21H2,1-6H3,(H2,34,35,37). The van der Waals surface area contributed by atoms with Gasteiger partial charge >= 0.3 is 5.97 Å². The second-order valence-corrected chi connectivity index (χ2v) is 10.7. The molecule has 2 rings (SSSR count). The van der Waals surface area contributed by atoms with Gasteiger partial charge in [0.05, 0.1) is 32.0 Å². The van der Waals surface area contributed by atoms with Gasteiger partial charge in [0.15, 0.2) is 0 Å². The van der Waals surface area contributed by atoms with Crippen molar-refractivity contribution in [2.75, 3.05) is 26.4 Å². The predicted octanol–water partition coefficient (Wildman–Crippen LogP) is 5.76. The largest absolute Gasteiger partial charge is 0.494 e. The number of hydrogen-bond donors (Lipinski definition) is 2. The zero-order valence-electron chi connectivity index (χ0n) is 26.4. The minimum atomic E-state index is -0.280. The maximum atomic E-state index is 13.4. The number of ether oxygens (including phenoxy) is 4. The number of esters is 1. The van der Waals surface area contributed by atoms with E-state index in [1.54, 1.807) is 49.4 Å². The molecule has 0 aliphatic heterocycles. The lowest BCUT2D eigenvalue weighted by Gasteiger charge is -2.31. The summed E-state index contributed by atoms with van der Waals surface area (Å²) < 4.78 is 22.7. The molecule has 0 heterocycles. The molecule has 0 aliphatic rings. The van der Waals surface area contributed by atoms with E-state index in [1.807, 2.05) is 32.6 Å². The van der Waals surface area contributed by atoms with Gasteiger partial charge < -0.3 is 29.2 Å². The van der Waals surface area contributed by atoms with Gasteiger partial charge in [0.25, 0.3) is 5.91 Å². The highest BCUT2D eigenvalue weighted by Crippen LogP contribution is 2.28. The van der Waals surface area contributed by atoms with Crippen molar-refractivity contribution >= 4 is 23.6 Å². The lowest BCUT2D eigenvalue weighted by atomic mass is 10.1. The Morgan fingerprint density at radius 1 is 0.814 bits per heavy atom. The van der Waals surface area contributed by atoms with Gasteiger partial charge in [-0.15, -0.1) is 0 Å². The molecule has 10 heteroatoms. The second-order valence-electron chi connectivity index (χ2n) is 10.7. The summed E-state index contributed by atoms with van der Waals surface area (Å²) in [6.07, 6.45) is 3.28. The van der Waals surface area contributed by atoms with E-state index in [0.717, 1.165) is 19.3 Å². The normalized spacial score (nSPS) is 10.8. The van der Waals surface area contributed by atoms with Gasteiger partial charge in [-0.3, -0.25) is 19.8 Å². The third-order valence-corrected chi connectivity index (χ3v) is 6.39. The molecule has 2 aromatic carbocycles. The van der Waals surface area contributed by atoms with Crippen LogP contribution in [0.3, 0.4) is 0 Å². The van der Waals surface area contributed by atoms with Crippen molar-refractivity contribution in [3.05, 3.63) is 53.6 Å². The Labute approximate surface area is 255 Å². The fourth-order valence-corrected chi connectivity index (χ4v) is 4.45. The Balaban J connectivity index is 1.88. The van der Waals surface area contributed by atoms with Crippen LogP contribution in [-0.2, 0) is 14.3 Å². The quantitative estimate of drug-likeness (QED) is 0.0968. The van der Waals surface area contributed by atoms with Gasteiger partial charge in [0.2, 0.25) is 5.91 Å². The first kappa shape index (κ1) is 35.1. The van der Waals surface area contributed by atoms with Crippen molar-refractivity contribution in [2.24, 2.45) is 0 Å². The number of nitrogens with zero attached hydrogens (tertiary/aromatic N) is 1. The van der Waals surface area contributed by atoms with E-state index in [4.69, 9.17) is 24.4 Å². The SMILES string of the molecule is CCOC(=O)CCCOc1cc(OCCCCCOc2ccc(C(=N)NC(C)=O)cc2)ccc1C(=O)N(C(C)C)C(C)C. The third-order valence-electron chi connectivity index (χ3n) is 6.39. The molecule has 2 amide bonds. The highest BCUT2D eigenvalue weighted by atomic mass is 16.5. The van der Waals surface area contributed by atoms with Crippen molar-refractivity contribution in [3.8, 4) is 17.2 Å². The molecule has 236 valence electrons. The summed E-state index contributed by atoms with van der Waals surface area (Å²) in [6.45, 7) is 12.7. The first-order valence-electron chi connectivity index (χ1n) is 15.0. The first-order valence-corrected chi connectivity index (χ1v) is 15.0. The van der Waals surface area contributed by atoms with E-state index in [0.29, 0.717) is 54.6 Å². The average Bonchev–Trinajstić information content (AvgIpc) is 2.94. The van der Waals surface area contributed by atoms with E-state index in [-0.39, 0.29) is 48.7 Å². The Morgan fingerprint density at radius 2 is 1.40 bits per heavy atom. The highest BCUT2D eigenvalue weighted by molar-refractivity contribution is 6.05. The van der Waals surface area contributed by atoms with Gasteiger partial charge in [-0.25, -0.2) is 0 Å². The average molecular weight is 598 g/mol. The molecule has 0 bridgehead atoms. The van der Waals surface area contributed by atoms with Gasteiger partial charge in [-0.2, -0.15) is 0 Å². The number of unbranched alkanes of at least 4 members (excludes halogenated alkanes) is 2. The maximum Gasteiger partial charge on any atom is 0.305 e. The van der Waals surface area contributed by atoms with Crippen LogP contribution in [-0.4, -0.2) is 67.0 Å². The number of amidine groups is 1. The highest BCUT2D eigenvalue weighted by Gasteiger charge is 2.25. The monoisotopic (exact) mass is 597 g/mol. The summed E-state index contributed by atoms with van der Waals surface area (Å²) in [4.78, 5) is 38.0. The molecule has 0 unspecified atom stereocenters. The van der Waals surface area contributed by atoms with Crippen LogP contribution >= 0.6 is 0 Å². The third kappa shape index (κ3) is 12.4. The molecule has 0 aromatic heterocycles. The Hall–Kier alpha value is -4.08. The van der Waals surface area contributed by atoms with Gasteiger partial charge in [-0.05, 0) is 96.7 Å². The topological polar surface area (TPSA) is 127 Å². The summed E-state index contributed by atoms with van der Waals surface area (Å²) >= 11 is 0. The van der Waals surface area contributed by atoms with Crippen LogP contribution in [0, 0.1) is 5.41 Å². The fourth-order valence-electron chi connectivity index (χ4n) is 4.45. The minimum Gasteiger partial charge on any atom is -0.494 e. The molecule has 2 N–H and O–H groups in total. The number of benzene rings is 2. The molecule has 0 saturated heterocycles. The van der Waals surface area contributed by atoms with Crippen molar-refractivity contribution in [1.82, 2.24) is 10.2 Å². The number of rotatable bonds is 18. The van der Waals surface area contributed by atoms with Crippen molar-refractivity contribution in [3.63, 3.8) is 0 Å². The molecule has 43 heavy (non-hydrogen) atoms. The van der Waals surface area contributed by atoms with E-state index < -0.39 is 0 Å². The Kier molecular flexibility index (Phi) is 15.1. The summed E-state index contributed by atoms with van der Waals surface area (Å²) in [5.74, 6) is 1.14. The second kappa shape index (κ2) is 18.5. The van der Waals surface area contributed by atoms with Gasteiger partial charge in [-0.1, -0.05) is 0 Å². The molecule has 10 nitrogen and oxygen atoms in total. The van der Waals surface area contributed by atoms with Crippen LogP contribution in [0.25, 0.3) is 0 Å². The summed E-state index contributed by atoms with van der Waals surface area (Å²) in [5.41, 5.74) is 1.07. The van der Waals surface area contributed by atoms with E-state index in [9.17, 15) is 14.4 Å². The van der Waals surface area contributed by atoms with Crippen LogP contribution in [0.1, 0.15) is 89.6 Å². The van der Waals surface area contributed by atoms with E-state index in [2.05, 4.69) is 5.32 Å². The molecule has 0 aliphatic carbocycles. The predicted molar refractivity (Wildman–Crippen MR) is 166 cm³/mol. The van der Waals surface area contributed by atoms with E-state index in [1.165, 1.54) is 6.92 Å². The van der Waals surface area contributed by atoms with Crippen LogP contribution < -0.4 is 19.5 Å². The van der Waals surface area contributed by atoms with Crippen LogP contribution in [0.4, 0.5) is 0 Å². The zero-order valence-corrected chi connectivity index (χ0v) is 26.4. The van der Waals surface area contributed by atoms with Crippen LogP contribution in [0.2, 0.25) is 0 Å². The smallest absolute Gasteiger partial charge is 0.305 e. The minimum absolute atomic E-state index is 0.0214. The first-order chi connectivity index (χ1) is 20.5. The molecule has 0 fully saturated rings. The lowest BCUT2D eigenvalue weighted by Crippen LogP contribution is -2.42. The van der Waals surface area contributed by atoms with E-state index >= 15 is 0 Å². The molecule has 0 radical (unpaired) electrons. The maximum absolute atomic E-state index is 13.4. The Bertz CT molecular complexity index is 1190. The molecule has 0 atom stereocenters. The summed E-state index contributed by atoms with van der Waals surface area (Å²) in [6, 6.07) is 12.4. The number of amides is 2. The number of carbonyl (C=O) groups excluding carboxylic acids is 3. The van der Waals surface area contributed by atoms with Gasteiger partial charge in [0, 0.05) is 37.1 Å². The molecule has 2 aromatic rings. The van der Waals surface area contributed by atoms with Crippen molar-refractivity contribution < 1.29 is 33.3 Å². The molecular formula is C33H47N3O7. The molecule has 0 spiro atoms.